The molecule has 0 radical (unpaired) electrons. The number of hydrogen-bond donors (Lipinski definition) is 0. The minimum Gasteiger partial charge on any atom is -0.372 e. The van der Waals surface area contributed by atoms with Gasteiger partial charge in [-0.05, 0) is 62.8 Å². The second kappa shape index (κ2) is 7.64. The summed E-state index contributed by atoms with van der Waals surface area (Å²) in [5, 5.41) is 5.15. The van der Waals surface area contributed by atoms with E-state index in [1.807, 2.05) is 12.1 Å². The molecule has 0 bridgehead atoms. The molecule has 2 heterocycles. The lowest BCUT2D eigenvalue weighted by molar-refractivity contribution is 0.699. The molecule has 0 atom stereocenters. The van der Waals surface area contributed by atoms with Gasteiger partial charge in [0.25, 0.3) is 5.56 Å². The molecule has 0 unspecified atom stereocenters. The van der Waals surface area contributed by atoms with Gasteiger partial charge in [0.05, 0.1) is 11.6 Å². The van der Waals surface area contributed by atoms with Crippen LogP contribution in [0.5, 0.6) is 0 Å². The first-order valence-electron chi connectivity index (χ1n) is 9.62. The number of hydrogen-bond acceptors (Lipinski definition) is 5. The summed E-state index contributed by atoms with van der Waals surface area (Å²) in [4.78, 5) is 21.9. The summed E-state index contributed by atoms with van der Waals surface area (Å²) in [5.41, 5.74) is 3.30. The molecular formula is C21H24N4OS. The highest BCUT2D eigenvalue weighted by atomic mass is 32.1. The van der Waals surface area contributed by atoms with Crippen molar-refractivity contribution >= 4 is 33.5 Å². The summed E-state index contributed by atoms with van der Waals surface area (Å²) >= 11 is 1.66. The van der Waals surface area contributed by atoms with Crippen molar-refractivity contribution < 1.29 is 0 Å². The van der Waals surface area contributed by atoms with Gasteiger partial charge in [-0.15, -0.1) is 11.3 Å². The van der Waals surface area contributed by atoms with Gasteiger partial charge in [-0.2, -0.15) is 9.78 Å². The number of benzene rings is 1. The number of anilines is 1. The molecule has 1 aliphatic rings. The third-order valence-electron chi connectivity index (χ3n) is 5.21. The van der Waals surface area contributed by atoms with Crippen LogP contribution in [0.1, 0.15) is 42.7 Å². The van der Waals surface area contributed by atoms with Crippen LogP contribution in [0.15, 0.2) is 40.5 Å². The summed E-state index contributed by atoms with van der Waals surface area (Å²) in [6.45, 7) is 6.27. The Hall–Kier alpha value is -2.47. The minimum atomic E-state index is -0.0598. The molecule has 1 aromatic carbocycles. The molecule has 0 amide bonds. The molecule has 0 N–H and O–H groups in total. The van der Waals surface area contributed by atoms with Crippen LogP contribution in [0.25, 0.3) is 10.2 Å². The Morgan fingerprint density at radius 1 is 1.19 bits per heavy atom. The number of nitrogens with zero attached hydrogens (tertiary/aromatic N) is 4. The van der Waals surface area contributed by atoms with Crippen LogP contribution < -0.4 is 10.5 Å². The summed E-state index contributed by atoms with van der Waals surface area (Å²) in [6, 6.07) is 8.24. The zero-order chi connectivity index (χ0) is 18.8. The molecule has 0 aliphatic heterocycles. The molecule has 3 aromatic rings. The average molecular weight is 381 g/mol. The van der Waals surface area contributed by atoms with Gasteiger partial charge in [0, 0.05) is 23.7 Å². The molecule has 140 valence electrons. The molecule has 2 aromatic heterocycles. The van der Waals surface area contributed by atoms with Crippen molar-refractivity contribution in [2.24, 2.45) is 5.10 Å². The molecule has 0 saturated carbocycles. The predicted octanol–water partition coefficient (Wildman–Crippen LogP) is 4.07. The number of thiophene rings is 1. The van der Waals surface area contributed by atoms with Crippen LogP contribution in [0.2, 0.25) is 0 Å². The second-order valence-corrected chi connectivity index (χ2v) is 7.88. The molecular weight excluding hydrogens is 356 g/mol. The lowest BCUT2D eigenvalue weighted by Crippen LogP contribution is -2.21. The fraction of sp³-hybridized carbons (Fsp3) is 0.381. The molecule has 4 rings (SSSR count). The SMILES string of the molecule is CCN(CC)c1ccc(C=Nn2cnc3sc4c(c3c2=O)CCCC4)cc1. The largest absolute Gasteiger partial charge is 0.372 e. The molecule has 0 spiro atoms. The van der Waals surface area contributed by atoms with Crippen LogP contribution in [-0.2, 0) is 12.8 Å². The fourth-order valence-electron chi connectivity index (χ4n) is 3.71. The van der Waals surface area contributed by atoms with Crippen LogP contribution in [0, 0.1) is 0 Å². The Labute approximate surface area is 163 Å². The molecule has 5 nitrogen and oxygen atoms in total. The summed E-state index contributed by atoms with van der Waals surface area (Å²) < 4.78 is 1.36. The van der Waals surface area contributed by atoms with E-state index >= 15 is 0 Å². The number of aryl methyl sites for hydroxylation is 2. The van der Waals surface area contributed by atoms with Gasteiger partial charge in [-0.1, -0.05) is 12.1 Å². The molecule has 6 heteroatoms. The van der Waals surface area contributed by atoms with E-state index in [4.69, 9.17) is 0 Å². The molecule has 0 saturated heterocycles. The lowest BCUT2D eigenvalue weighted by Gasteiger charge is -2.20. The van der Waals surface area contributed by atoms with E-state index in [9.17, 15) is 4.79 Å². The van der Waals surface area contributed by atoms with E-state index in [0.717, 1.165) is 48.1 Å². The van der Waals surface area contributed by atoms with Crippen molar-refractivity contribution in [2.75, 3.05) is 18.0 Å². The maximum absolute atomic E-state index is 12.9. The van der Waals surface area contributed by atoms with E-state index < -0.39 is 0 Å². The van der Waals surface area contributed by atoms with Crippen molar-refractivity contribution in [3.63, 3.8) is 0 Å². The maximum atomic E-state index is 12.9. The Balaban J connectivity index is 1.63. The highest BCUT2D eigenvalue weighted by Gasteiger charge is 2.19. The Morgan fingerprint density at radius 2 is 1.93 bits per heavy atom. The maximum Gasteiger partial charge on any atom is 0.282 e. The van der Waals surface area contributed by atoms with Crippen molar-refractivity contribution in [2.45, 2.75) is 39.5 Å². The second-order valence-electron chi connectivity index (χ2n) is 6.79. The van der Waals surface area contributed by atoms with Crippen molar-refractivity contribution in [3.05, 3.63) is 57.0 Å². The Morgan fingerprint density at radius 3 is 2.67 bits per heavy atom. The highest BCUT2D eigenvalue weighted by Crippen LogP contribution is 2.33. The molecule has 27 heavy (non-hydrogen) atoms. The topological polar surface area (TPSA) is 50.5 Å². The van der Waals surface area contributed by atoms with Crippen LogP contribution in [0.4, 0.5) is 5.69 Å². The summed E-state index contributed by atoms with van der Waals surface area (Å²) in [5.74, 6) is 0. The van der Waals surface area contributed by atoms with Gasteiger partial charge in [-0.25, -0.2) is 4.98 Å². The van der Waals surface area contributed by atoms with Crippen molar-refractivity contribution in [3.8, 4) is 0 Å². The lowest BCUT2D eigenvalue weighted by atomic mass is 9.97. The number of rotatable bonds is 5. The zero-order valence-corrected chi connectivity index (χ0v) is 16.6. The number of fused-ring (bicyclic) bond motifs is 3. The van der Waals surface area contributed by atoms with Gasteiger partial charge < -0.3 is 4.90 Å². The standard InChI is InChI=1S/C21H24N4OS/c1-3-24(4-2)16-11-9-15(10-12-16)13-23-25-14-22-20-19(21(25)26)17-7-5-6-8-18(17)27-20/h9-14H,3-8H2,1-2H3. The normalized spacial score (nSPS) is 14.0. The monoisotopic (exact) mass is 380 g/mol. The van der Waals surface area contributed by atoms with E-state index in [-0.39, 0.29) is 5.56 Å². The summed E-state index contributed by atoms with van der Waals surface area (Å²) in [6.07, 6.45) is 7.66. The van der Waals surface area contributed by atoms with E-state index in [2.05, 4.69) is 41.0 Å². The smallest absolute Gasteiger partial charge is 0.282 e. The van der Waals surface area contributed by atoms with Crippen molar-refractivity contribution in [1.29, 1.82) is 0 Å². The van der Waals surface area contributed by atoms with Gasteiger partial charge >= 0.3 is 0 Å². The molecule has 1 aliphatic carbocycles. The van der Waals surface area contributed by atoms with Crippen LogP contribution >= 0.6 is 11.3 Å². The molecule has 0 fully saturated rings. The van der Waals surface area contributed by atoms with E-state index in [0.29, 0.717) is 0 Å². The minimum absolute atomic E-state index is 0.0598. The first-order valence-corrected chi connectivity index (χ1v) is 10.4. The van der Waals surface area contributed by atoms with Gasteiger partial charge in [0.1, 0.15) is 11.2 Å². The van der Waals surface area contributed by atoms with Gasteiger partial charge in [0.15, 0.2) is 0 Å². The summed E-state index contributed by atoms with van der Waals surface area (Å²) in [7, 11) is 0. The van der Waals surface area contributed by atoms with E-state index in [1.165, 1.54) is 33.6 Å². The first-order chi connectivity index (χ1) is 13.2. The van der Waals surface area contributed by atoms with Crippen molar-refractivity contribution in [1.82, 2.24) is 9.66 Å². The third kappa shape index (κ3) is 3.41. The Bertz CT molecular complexity index is 1030. The number of aromatic nitrogens is 2. The predicted molar refractivity (Wildman–Crippen MR) is 114 cm³/mol. The average Bonchev–Trinajstić information content (AvgIpc) is 3.09. The Kier molecular flexibility index (Phi) is 5.07. The van der Waals surface area contributed by atoms with Crippen LogP contribution in [-0.4, -0.2) is 29.0 Å². The van der Waals surface area contributed by atoms with Gasteiger partial charge in [0.2, 0.25) is 0 Å². The van der Waals surface area contributed by atoms with Gasteiger partial charge in [-0.3, -0.25) is 4.79 Å². The fourth-order valence-corrected chi connectivity index (χ4v) is 4.93. The zero-order valence-electron chi connectivity index (χ0n) is 15.8. The van der Waals surface area contributed by atoms with E-state index in [1.54, 1.807) is 17.6 Å². The highest BCUT2D eigenvalue weighted by molar-refractivity contribution is 7.18. The quantitative estimate of drug-likeness (QED) is 0.627. The first kappa shape index (κ1) is 17.9. The third-order valence-corrected chi connectivity index (χ3v) is 6.41. The van der Waals surface area contributed by atoms with Crippen LogP contribution in [0.3, 0.4) is 0 Å².